The standard InChI is InChI=1S/C17H22N2O2S/c1-17(2,3)13-6-8-14(9-7-13)21-11-4-5-15(20)19-16-18-10-12-22-16/h6-10,12H,4-5,11H2,1-3H3,(H,18,19,20). The fourth-order valence-electron chi connectivity index (χ4n) is 1.94. The third-order valence-electron chi connectivity index (χ3n) is 3.22. The van der Waals surface area contributed by atoms with E-state index in [0.717, 1.165) is 5.75 Å². The van der Waals surface area contributed by atoms with Gasteiger partial charge in [0.1, 0.15) is 5.75 Å². The number of carbonyl (C=O) groups is 1. The summed E-state index contributed by atoms with van der Waals surface area (Å²) in [6.45, 7) is 7.08. The Morgan fingerprint density at radius 2 is 2.00 bits per heavy atom. The summed E-state index contributed by atoms with van der Waals surface area (Å²) in [4.78, 5) is 15.7. The zero-order chi connectivity index (χ0) is 16.0. The lowest BCUT2D eigenvalue weighted by molar-refractivity contribution is -0.116. The Balaban J connectivity index is 1.69. The third kappa shape index (κ3) is 5.15. The summed E-state index contributed by atoms with van der Waals surface area (Å²) in [6.07, 6.45) is 2.78. The average Bonchev–Trinajstić information content (AvgIpc) is 2.96. The molecule has 0 saturated heterocycles. The predicted molar refractivity (Wildman–Crippen MR) is 90.6 cm³/mol. The normalized spacial score (nSPS) is 11.2. The highest BCUT2D eigenvalue weighted by molar-refractivity contribution is 7.13. The molecule has 4 nitrogen and oxygen atoms in total. The van der Waals surface area contributed by atoms with Crippen LogP contribution in [0.1, 0.15) is 39.2 Å². The van der Waals surface area contributed by atoms with Gasteiger partial charge in [0.15, 0.2) is 5.13 Å². The van der Waals surface area contributed by atoms with Crippen molar-refractivity contribution in [2.75, 3.05) is 11.9 Å². The van der Waals surface area contributed by atoms with Crippen LogP contribution in [-0.4, -0.2) is 17.5 Å². The second kappa shape index (κ2) is 7.40. The van der Waals surface area contributed by atoms with Crippen LogP contribution in [0.4, 0.5) is 5.13 Å². The van der Waals surface area contributed by atoms with Gasteiger partial charge in [0.05, 0.1) is 6.61 Å². The quantitative estimate of drug-likeness (QED) is 0.811. The highest BCUT2D eigenvalue weighted by Crippen LogP contribution is 2.24. The molecular weight excluding hydrogens is 296 g/mol. The zero-order valence-corrected chi connectivity index (χ0v) is 14.1. The molecule has 1 amide bonds. The Morgan fingerprint density at radius 1 is 1.27 bits per heavy atom. The number of benzene rings is 1. The maximum Gasteiger partial charge on any atom is 0.226 e. The average molecular weight is 318 g/mol. The minimum atomic E-state index is -0.0263. The van der Waals surface area contributed by atoms with Crippen LogP contribution in [0.3, 0.4) is 0 Å². The molecule has 0 aliphatic heterocycles. The van der Waals surface area contributed by atoms with E-state index in [9.17, 15) is 4.79 Å². The molecule has 0 bridgehead atoms. The van der Waals surface area contributed by atoms with Crippen molar-refractivity contribution in [3.05, 3.63) is 41.4 Å². The Kier molecular flexibility index (Phi) is 5.55. The highest BCUT2D eigenvalue weighted by atomic mass is 32.1. The Hall–Kier alpha value is -1.88. The number of hydrogen-bond acceptors (Lipinski definition) is 4. The number of carbonyl (C=O) groups excluding carboxylic acids is 1. The molecule has 118 valence electrons. The van der Waals surface area contributed by atoms with Crippen molar-refractivity contribution in [2.24, 2.45) is 0 Å². The number of nitrogens with zero attached hydrogens (tertiary/aromatic N) is 1. The van der Waals surface area contributed by atoms with Crippen LogP contribution >= 0.6 is 11.3 Å². The molecule has 1 N–H and O–H groups in total. The molecule has 0 aliphatic rings. The molecule has 0 saturated carbocycles. The first-order valence-corrected chi connectivity index (χ1v) is 8.26. The topological polar surface area (TPSA) is 51.2 Å². The third-order valence-corrected chi connectivity index (χ3v) is 3.90. The van der Waals surface area contributed by atoms with Gasteiger partial charge in [-0.25, -0.2) is 4.98 Å². The highest BCUT2D eigenvalue weighted by Gasteiger charge is 2.12. The van der Waals surface area contributed by atoms with Gasteiger partial charge in [0.2, 0.25) is 5.91 Å². The van der Waals surface area contributed by atoms with E-state index in [-0.39, 0.29) is 11.3 Å². The SMILES string of the molecule is CC(C)(C)c1ccc(OCCCC(=O)Nc2nccs2)cc1. The minimum absolute atomic E-state index is 0.0263. The van der Waals surface area contributed by atoms with E-state index >= 15 is 0 Å². The zero-order valence-electron chi connectivity index (χ0n) is 13.3. The molecule has 0 unspecified atom stereocenters. The molecule has 2 aromatic rings. The maximum atomic E-state index is 11.7. The van der Waals surface area contributed by atoms with Crippen LogP contribution in [0, 0.1) is 0 Å². The summed E-state index contributed by atoms with van der Waals surface area (Å²) in [5.41, 5.74) is 1.43. The molecule has 1 aromatic heterocycles. The van der Waals surface area contributed by atoms with Crippen molar-refractivity contribution in [3.8, 4) is 5.75 Å². The van der Waals surface area contributed by atoms with Crippen LogP contribution < -0.4 is 10.1 Å². The van der Waals surface area contributed by atoms with Crippen molar-refractivity contribution in [1.82, 2.24) is 4.98 Å². The number of nitrogens with one attached hydrogen (secondary N) is 1. The molecule has 22 heavy (non-hydrogen) atoms. The molecule has 1 aromatic carbocycles. The summed E-state index contributed by atoms with van der Waals surface area (Å²) < 4.78 is 5.67. The number of ether oxygens (including phenoxy) is 1. The van der Waals surface area contributed by atoms with Gasteiger partial charge in [-0.05, 0) is 29.5 Å². The first kappa shape index (κ1) is 16.5. The Morgan fingerprint density at radius 3 is 2.59 bits per heavy atom. The number of anilines is 1. The number of thiazole rings is 1. The number of aromatic nitrogens is 1. The number of hydrogen-bond donors (Lipinski definition) is 1. The summed E-state index contributed by atoms with van der Waals surface area (Å²) >= 11 is 1.42. The lowest BCUT2D eigenvalue weighted by Crippen LogP contribution is -2.12. The van der Waals surface area contributed by atoms with E-state index < -0.39 is 0 Å². The molecule has 0 aliphatic carbocycles. The Labute approximate surface area is 135 Å². The van der Waals surface area contributed by atoms with E-state index in [1.807, 2.05) is 17.5 Å². The fraction of sp³-hybridized carbons (Fsp3) is 0.412. The van der Waals surface area contributed by atoms with Crippen LogP contribution in [-0.2, 0) is 10.2 Å². The van der Waals surface area contributed by atoms with Crippen LogP contribution in [0.25, 0.3) is 0 Å². The molecule has 0 radical (unpaired) electrons. The lowest BCUT2D eigenvalue weighted by Gasteiger charge is -2.19. The Bertz CT molecular complexity index is 586. The summed E-state index contributed by atoms with van der Waals surface area (Å²) in [7, 11) is 0. The van der Waals surface area contributed by atoms with Crippen LogP contribution in [0.15, 0.2) is 35.8 Å². The summed E-state index contributed by atoms with van der Waals surface area (Å²) in [5.74, 6) is 0.815. The molecule has 0 fully saturated rings. The smallest absolute Gasteiger partial charge is 0.226 e. The van der Waals surface area contributed by atoms with Crippen LogP contribution in [0.5, 0.6) is 5.75 Å². The largest absolute Gasteiger partial charge is 0.494 e. The molecule has 5 heteroatoms. The molecule has 0 atom stereocenters. The van der Waals surface area contributed by atoms with Gasteiger partial charge in [0, 0.05) is 18.0 Å². The van der Waals surface area contributed by atoms with Crippen molar-refractivity contribution >= 4 is 22.4 Å². The predicted octanol–water partition coefficient (Wildman–Crippen LogP) is 4.24. The maximum absolute atomic E-state index is 11.7. The van der Waals surface area contributed by atoms with E-state index in [4.69, 9.17) is 4.74 Å². The molecule has 1 heterocycles. The van der Waals surface area contributed by atoms with E-state index in [2.05, 4.69) is 43.2 Å². The van der Waals surface area contributed by atoms with Gasteiger partial charge in [0.25, 0.3) is 0 Å². The van der Waals surface area contributed by atoms with Gasteiger partial charge in [-0.15, -0.1) is 11.3 Å². The van der Waals surface area contributed by atoms with Crippen molar-refractivity contribution in [1.29, 1.82) is 0 Å². The van der Waals surface area contributed by atoms with Gasteiger partial charge < -0.3 is 10.1 Å². The second-order valence-electron chi connectivity index (χ2n) is 6.11. The van der Waals surface area contributed by atoms with Crippen molar-refractivity contribution in [3.63, 3.8) is 0 Å². The van der Waals surface area contributed by atoms with E-state index in [1.54, 1.807) is 6.20 Å². The van der Waals surface area contributed by atoms with Gasteiger partial charge in [-0.2, -0.15) is 0 Å². The van der Waals surface area contributed by atoms with Crippen molar-refractivity contribution in [2.45, 2.75) is 39.0 Å². The summed E-state index contributed by atoms with van der Waals surface area (Å²) in [6, 6.07) is 8.14. The first-order chi connectivity index (χ1) is 10.4. The lowest BCUT2D eigenvalue weighted by atomic mass is 9.87. The number of amides is 1. The monoisotopic (exact) mass is 318 g/mol. The fourth-order valence-corrected chi connectivity index (χ4v) is 2.49. The minimum Gasteiger partial charge on any atom is -0.494 e. The van der Waals surface area contributed by atoms with Crippen LogP contribution in [0.2, 0.25) is 0 Å². The van der Waals surface area contributed by atoms with E-state index in [1.165, 1.54) is 16.9 Å². The molecule has 0 spiro atoms. The molecule has 2 rings (SSSR count). The van der Waals surface area contributed by atoms with Crippen molar-refractivity contribution < 1.29 is 9.53 Å². The van der Waals surface area contributed by atoms with Gasteiger partial charge in [-0.1, -0.05) is 32.9 Å². The van der Waals surface area contributed by atoms with E-state index in [0.29, 0.717) is 24.6 Å². The van der Waals surface area contributed by atoms with Gasteiger partial charge >= 0.3 is 0 Å². The molecular formula is C17H22N2O2S. The second-order valence-corrected chi connectivity index (χ2v) is 7.01. The summed E-state index contributed by atoms with van der Waals surface area (Å²) in [5, 5.41) is 5.23. The van der Waals surface area contributed by atoms with Gasteiger partial charge in [-0.3, -0.25) is 4.79 Å². The first-order valence-electron chi connectivity index (χ1n) is 7.38. The number of rotatable bonds is 6.